The van der Waals surface area contributed by atoms with Crippen LogP contribution in [-0.2, 0) is 15.1 Å². The number of halogens is 5. The maximum absolute atomic E-state index is 13.4. The molecule has 166 valence electrons. The largest absolute Gasteiger partial charge is 0.463 e. The second-order valence-electron chi connectivity index (χ2n) is 6.04. The van der Waals surface area contributed by atoms with Gasteiger partial charge in [-0.15, -0.1) is 0 Å². The molecule has 3 N–H and O–H groups in total. The summed E-state index contributed by atoms with van der Waals surface area (Å²) in [7, 11) is 0. The molecule has 0 bridgehead atoms. The average molecular weight is 495 g/mol. The van der Waals surface area contributed by atoms with Gasteiger partial charge in [0.05, 0.1) is 17.2 Å². The third-order valence-corrected chi connectivity index (χ3v) is 4.70. The molecule has 0 unspecified atom stereocenters. The van der Waals surface area contributed by atoms with Gasteiger partial charge < -0.3 is 15.2 Å². The number of carbonyl (C=O) groups is 2. The molecule has 2 aromatic rings. The predicted molar refractivity (Wildman–Crippen MR) is 113 cm³/mol. The molecule has 2 aromatic carbocycles. The maximum Gasteiger partial charge on any atom is 0.432 e. The summed E-state index contributed by atoms with van der Waals surface area (Å²) in [4.78, 5) is 24.0. The van der Waals surface area contributed by atoms with Crippen molar-refractivity contribution in [2.45, 2.75) is 18.7 Å². The van der Waals surface area contributed by atoms with E-state index in [1.807, 2.05) is 0 Å². The molecular weight excluding hydrogens is 480 g/mol. The number of alkyl halides is 3. The zero-order valence-electron chi connectivity index (χ0n) is 15.7. The van der Waals surface area contributed by atoms with Crippen LogP contribution in [0, 0.1) is 0 Å². The summed E-state index contributed by atoms with van der Waals surface area (Å²) in [6.45, 7) is 0.969. The van der Waals surface area contributed by atoms with E-state index in [4.69, 9.17) is 35.4 Å². The first kappa shape index (κ1) is 24.9. The van der Waals surface area contributed by atoms with E-state index in [0.29, 0.717) is 5.02 Å². The number of rotatable bonds is 5. The quantitative estimate of drug-likeness (QED) is 0.420. The number of nitrogens with one attached hydrogen (secondary N) is 2. The van der Waals surface area contributed by atoms with E-state index in [0.717, 1.165) is 24.3 Å². The fourth-order valence-electron chi connectivity index (χ4n) is 2.43. The van der Waals surface area contributed by atoms with Crippen LogP contribution in [0.3, 0.4) is 0 Å². The van der Waals surface area contributed by atoms with Gasteiger partial charge in [-0.3, -0.25) is 10.1 Å². The van der Waals surface area contributed by atoms with Gasteiger partial charge in [0.15, 0.2) is 5.11 Å². The topological polar surface area (TPSA) is 87.7 Å². The molecule has 0 fully saturated rings. The first-order valence-electron chi connectivity index (χ1n) is 8.54. The smallest absolute Gasteiger partial charge is 0.432 e. The molecule has 0 aliphatic carbocycles. The Kier molecular flexibility index (Phi) is 7.87. The van der Waals surface area contributed by atoms with Crippen LogP contribution >= 0.6 is 35.4 Å². The highest BCUT2D eigenvalue weighted by Gasteiger charge is 2.62. The summed E-state index contributed by atoms with van der Waals surface area (Å²) in [6.07, 6.45) is -5.31. The minimum atomic E-state index is -5.31. The van der Waals surface area contributed by atoms with Gasteiger partial charge >= 0.3 is 12.1 Å². The predicted octanol–water partition coefficient (Wildman–Crippen LogP) is 4.43. The van der Waals surface area contributed by atoms with Gasteiger partial charge in [0.1, 0.15) is 0 Å². The lowest BCUT2D eigenvalue weighted by atomic mass is 9.93. The lowest BCUT2D eigenvalue weighted by Crippen LogP contribution is -2.50. The Morgan fingerprint density at radius 3 is 2.26 bits per heavy atom. The molecule has 12 heteroatoms. The highest BCUT2D eigenvalue weighted by Crippen LogP contribution is 2.40. The number of thiocarbonyl (C=S) groups is 1. The van der Waals surface area contributed by atoms with Gasteiger partial charge in [0.25, 0.3) is 11.5 Å². The number of esters is 1. The monoisotopic (exact) mass is 494 g/mol. The summed E-state index contributed by atoms with van der Waals surface area (Å²) in [5.41, 5.74) is -4.28. The van der Waals surface area contributed by atoms with Crippen molar-refractivity contribution < 1.29 is 32.6 Å². The Bertz CT molecular complexity index is 1000. The van der Waals surface area contributed by atoms with Crippen LogP contribution in [0.5, 0.6) is 0 Å². The molecule has 31 heavy (non-hydrogen) atoms. The molecular formula is C19H15Cl2F3N2O4S. The van der Waals surface area contributed by atoms with Gasteiger partial charge in [0.2, 0.25) is 0 Å². The van der Waals surface area contributed by atoms with E-state index in [1.165, 1.54) is 25.1 Å². The molecule has 0 aliphatic rings. The normalized spacial score (nSPS) is 13.1. The van der Waals surface area contributed by atoms with E-state index in [9.17, 15) is 27.9 Å². The number of ether oxygens (including phenoxy) is 1. The molecule has 1 atom stereocenters. The Balaban J connectivity index is 2.14. The van der Waals surface area contributed by atoms with Crippen molar-refractivity contribution in [1.29, 1.82) is 0 Å². The minimum Gasteiger partial charge on any atom is -0.463 e. The Labute approximate surface area is 190 Å². The number of amides is 1. The molecule has 0 aliphatic heterocycles. The highest BCUT2D eigenvalue weighted by molar-refractivity contribution is 7.80. The zero-order chi connectivity index (χ0) is 23.4. The second-order valence-corrected chi connectivity index (χ2v) is 7.29. The van der Waals surface area contributed by atoms with Crippen LogP contribution < -0.4 is 10.6 Å². The van der Waals surface area contributed by atoms with Crippen molar-refractivity contribution in [1.82, 2.24) is 5.32 Å². The average Bonchev–Trinajstić information content (AvgIpc) is 2.66. The van der Waals surface area contributed by atoms with E-state index in [1.54, 1.807) is 0 Å². The summed E-state index contributed by atoms with van der Waals surface area (Å²) in [5, 5.41) is 15.3. The van der Waals surface area contributed by atoms with Gasteiger partial charge in [-0.05, 0) is 49.5 Å². The molecule has 0 spiro atoms. The number of carbonyl (C=O) groups excluding carboxylic acids is 2. The fraction of sp³-hybridized carbons (Fsp3) is 0.211. The fourth-order valence-corrected chi connectivity index (χ4v) is 3.14. The van der Waals surface area contributed by atoms with Crippen LogP contribution in [0.1, 0.15) is 22.8 Å². The molecule has 2 rings (SSSR count). The van der Waals surface area contributed by atoms with Crippen molar-refractivity contribution in [2.75, 3.05) is 11.9 Å². The third-order valence-electron chi connectivity index (χ3n) is 3.94. The molecule has 0 saturated heterocycles. The maximum atomic E-state index is 13.4. The molecule has 1 amide bonds. The summed E-state index contributed by atoms with van der Waals surface area (Å²) in [5.74, 6) is -2.48. The zero-order valence-corrected chi connectivity index (χ0v) is 18.0. The lowest BCUT2D eigenvalue weighted by Gasteiger charge is -2.28. The Morgan fingerprint density at radius 1 is 1.13 bits per heavy atom. The number of aliphatic hydroxyl groups is 1. The van der Waals surface area contributed by atoms with Crippen molar-refractivity contribution in [2.24, 2.45) is 0 Å². The van der Waals surface area contributed by atoms with Crippen molar-refractivity contribution in [3.63, 3.8) is 0 Å². The van der Waals surface area contributed by atoms with Gasteiger partial charge in [-0.25, -0.2) is 4.79 Å². The first-order valence-corrected chi connectivity index (χ1v) is 9.70. The molecule has 6 nitrogen and oxygen atoms in total. The molecule has 0 aromatic heterocycles. The second kappa shape index (κ2) is 9.82. The first-order chi connectivity index (χ1) is 14.4. The number of anilines is 1. The summed E-state index contributed by atoms with van der Waals surface area (Å²) < 4.78 is 44.5. The minimum absolute atomic E-state index is 0.0996. The lowest BCUT2D eigenvalue weighted by molar-refractivity contribution is -0.267. The van der Waals surface area contributed by atoms with Crippen LogP contribution in [0.4, 0.5) is 18.9 Å². The number of hydrogen-bond donors (Lipinski definition) is 3. The summed E-state index contributed by atoms with van der Waals surface area (Å²) >= 11 is 16.7. The molecule has 0 heterocycles. The van der Waals surface area contributed by atoms with Gasteiger partial charge in [-0.1, -0.05) is 35.3 Å². The standard InChI is InChI=1S/C19H15Cl2F3N2O4S/c1-2-30-16(28)18(29,19(22,23)24)10-3-6-12(7-4-10)25-17(31)26-15(27)13-8-5-11(20)9-14(13)21/h3-9,29H,2H2,1H3,(H2,25,26,27,31)/t18-/m0/s1. The van der Waals surface area contributed by atoms with E-state index < -0.39 is 29.2 Å². The Hall–Kier alpha value is -2.40. The number of benzene rings is 2. The molecule has 0 saturated carbocycles. The van der Waals surface area contributed by atoms with Crippen molar-refractivity contribution in [3.05, 3.63) is 63.6 Å². The third kappa shape index (κ3) is 5.65. The van der Waals surface area contributed by atoms with E-state index >= 15 is 0 Å². The molecule has 0 radical (unpaired) electrons. The SMILES string of the molecule is CCOC(=O)[C@@](O)(c1ccc(NC(=S)NC(=O)c2ccc(Cl)cc2Cl)cc1)C(F)(F)F. The highest BCUT2D eigenvalue weighted by atomic mass is 35.5. The van der Waals surface area contributed by atoms with Crippen molar-refractivity contribution in [3.8, 4) is 0 Å². The van der Waals surface area contributed by atoms with E-state index in [-0.39, 0.29) is 28.0 Å². The van der Waals surface area contributed by atoms with Crippen LogP contribution in [0.25, 0.3) is 0 Å². The Morgan fingerprint density at radius 2 is 1.74 bits per heavy atom. The van der Waals surface area contributed by atoms with Crippen molar-refractivity contribution >= 4 is 58.1 Å². The van der Waals surface area contributed by atoms with Crippen LogP contribution in [0.2, 0.25) is 10.0 Å². The van der Waals surface area contributed by atoms with Crippen LogP contribution in [0.15, 0.2) is 42.5 Å². The summed E-state index contributed by atoms with van der Waals surface area (Å²) in [6, 6.07) is 8.27. The van der Waals surface area contributed by atoms with Gasteiger partial charge in [-0.2, -0.15) is 13.2 Å². The van der Waals surface area contributed by atoms with Gasteiger partial charge in [0, 0.05) is 16.3 Å². The van der Waals surface area contributed by atoms with E-state index in [2.05, 4.69) is 15.4 Å². The van der Waals surface area contributed by atoms with Crippen LogP contribution in [-0.4, -0.2) is 34.9 Å². The number of hydrogen-bond acceptors (Lipinski definition) is 5.